The summed E-state index contributed by atoms with van der Waals surface area (Å²) >= 11 is 0. The van der Waals surface area contributed by atoms with Gasteiger partial charge in [-0.15, -0.1) is 0 Å². The van der Waals surface area contributed by atoms with Gasteiger partial charge in [0.25, 0.3) is 0 Å². The van der Waals surface area contributed by atoms with E-state index in [0.29, 0.717) is 6.42 Å². The van der Waals surface area contributed by atoms with Gasteiger partial charge in [0, 0.05) is 0 Å². The van der Waals surface area contributed by atoms with Gasteiger partial charge in [-0.2, -0.15) is 0 Å². The lowest BCUT2D eigenvalue weighted by Gasteiger charge is -2.21. The molecule has 0 bridgehead atoms. The van der Waals surface area contributed by atoms with Crippen LogP contribution in [0.15, 0.2) is 60.8 Å². The highest BCUT2D eigenvalue weighted by molar-refractivity contribution is 5.76. The molecule has 0 rings (SSSR count). The fourth-order valence-corrected chi connectivity index (χ4v) is 5.52. The van der Waals surface area contributed by atoms with Crippen molar-refractivity contribution in [1.29, 1.82) is 0 Å². The quantitative estimate of drug-likeness (QED) is 0.0409. The number of hydrogen-bond acceptors (Lipinski definition) is 4. The average Bonchev–Trinajstić information content (AvgIpc) is 3.06. The highest BCUT2D eigenvalue weighted by Crippen LogP contribution is 2.14. The molecule has 0 radical (unpaired) electrons. The van der Waals surface area contributed by atoms with Crippen molar-refractivity contribution in [3.63, 3.8) is 0 Å². The molecule has 4 N–H and O–H groups in total. The summed E-state index contributed by atoms with van der Waals surface area (Å²) in [5, 5.41) is 33.1. The second-order valence-electron chi connectivity index (χ2n) is 13.1. The van der Waals surface area contributed by atoms with Gasteiger partial charge >= 0.3 is 0 Å². The van der Waals surface area contributed by atoms with Crippen LogP contribution in [0.2, 0.25) is 0 Å². The van der Waals surface area contributed by atoms with Gasteiger partial charge in [0.1, 0.15) is 0 Å². The van der Waals surface area contributed by atoms with Crippen molar-refractivity contribution in [3.8, 4) is 0 Å². The molecule has 1 amide bonds. The van der Waals surface area contributed by atoms with E-state index in [4.69, 9.17) is 0 Å². The Morgan fingerprint density at radius 2 is 1.04 bits per heavy atom. The Balaban J connectivity index is 3.74. The monoisotopic (exact) mass is 658 g/mol. The first-order valence-electron chi connectivity index (χ1n) is 19.6. The minimum Gasteiger partial charge on any atom is -0.394 e. The van der Waals surface area contributed by atoms with Crippen LogP contribution in [0.3, 0.4) is 0 Å². The van der Waals surface area contributed by atoms with E-state index in [0.717, 1.165) is 51.4 Å². The first-order valence-corrected chi connectivity index (χ1v) is 19.6. The zero-order chi connectivity index (χ0) is 34.5. The van der Waals surface area contributed by atoms with Gasteiger partial charge in [0.15, 0.2) is 0 Å². The zero-order valence-corrected chi connectivity index (χ0v) is 30.6. The van der Waals surface area contributed by atoms with Crippen LogP contribution in [0.5, 0.6) is 0 Å². The lowest BCUT2D eigenvalue weighted by molar-refractivity contribution is -0.124. The summed E-state index contributed by atoms with van der Waals surface area (Å²) in [5.74, 6) is -0.335. The summed E-state index contributed by atoms with van der Waals surface area (Å²) in [5.41, 5.74) is 0. The largest absolute Gasteiger partial charge is 0.394 e. The normalized spacial score (nSPS) is 14.4. The molecule has 0 aromatic carbocycles. The maximum atomic E-state index is 12.4. The van der Waals surface area contributed by atoms with E-state index in [1.807, 2.05) is 6.08 Å². The topological polar surface area (TPSA) is 89.8 Å². The maximum Gasteiger partial charge on any atom is 0.222 e. The lowest BCUT2D eigenvalue weighted by Crippen LogP contribution is -2.45. The first-order chi connectivity index (χ1) is 23.0. The van der Waals surface area contributed by atoms with Crippen molar-refractivity contribution in [2.45, 2.75) is 193 Å². The van der Waals surface area contributed by atoms with Crippen LogP contribution in [-0.4, -0.2) is 46.1 Å². The van der Waals surface area contributed by atoms with E-state index in [1.54, 1.807) is 6.08 Å². The molecule has 0 aromatic rings. The van der Waals surface area contributed by atoms with Crippen LogP contribution in [0.4, 0.5) is 0 Å². The van der Waals surface area contributed by atoms with Crippen LogP contribution < -0.4 is 5.32 Å². The number of allylic oxidation sites excluding steroid dienone is 9. The molecule has 0 saturated heterocycles. The van der Waals surface area contributed by atoms with Gasteiger partial charge in [-0.05, 0) is 70.6 Å². The average molecular weight is 658 g/mol. The van der Waals surface area contributed by atoms with E-state index < -0.39 is 18.2 Å². The number of rotatable bonds is 34. The summed E-state index contributed by atoms with van der Waals surface area (Å²) in [6.45, 7) is 4.04. The van der Waals surface area contributed by atoms with Gasteiger partial charge in [-0.1, -0.05) is 158 Å². The number of carbonyl (C=O) groups excluding carboxylic acids is 1. The van der Waals surface area contributed by atoms with E-state index in [1.165, 1.54) is 96.3 Å². The molecule has 0 aliphatic carbocycles. The molecule has 3 unspecified atom stereocenters. The van der Waals surface area contributed by atoms with Gasteiger partial charge in [0.05, 0.1) is 31.3 Å². The third kappa shape index (κ3) is 33.7. The molecule has 0 saturated carbocycles. The number of nitrogens with one attached hydrogen (secondary N) is 1. The smallest absolute Gasteiger partial charge is 0.222 e. The van der Waals surface area contributed by atoms with E-state index >= 15 is 0 Å². The minimum absolute atomic E-state index is 0.000990. The van der Waals surface area contributed by atoms with Crippen LogP contribution in [0, 0.1) is 0 Å². The van der Waals surface area contributed by atoms with E-state index in [9.17, 15) is 20.1 Å². The summed E-state index contributed by atoms with van der Waals surface area (Å²) in [6, 6.07) is -0.768. The van der Waals surface area contributed by atoms with Crippen molar-refractivity contribution >= 4 is 5.91 Å². The predicted molar refractivity (Wildman–Crippen MR) is 204 cm³/mol. The van der Waals surface area contributed by atoms with Crippen molar-refractivity contribution in [2.24, 2.45) is 0 Å². The number of aliphatic hydroxyl groups is 3. The summed E-state index contributed by atoms with van der Waals surface area (Å²) < 4.78 is 0. The minimum atomic E-state index is -0.960. The van der Waals surface area contributed by atoms with E-state index in [-0.39, 0.29) is 18.9 Å². The van der Waals surface area contributed by atoms with Crippen molar-refractivity contribution < 1.29 is 20.1 Å². The number of unbranched alkanes of at least 4 members (excludes halogenated alkanes) is 17. The lowest BCUT2D eigenvalue weighted by atomic mass is 10.0. The Morgan fingerprint density at radius 3 is 1.60 bits per heavy atom. The predicted octanol–water partition coefficient (Wildman–Crippen LogP) is 10.8. The maximum absolute atomic E-state index is 12.4. The number of hydrogen-bond donors (Lipinski definition) is 4. The molecule has 0 heterocycles. The molecule has 3 atom stereocenters. The van der Waals surface area contributed by atoms with Crippen LogP contribution in [-0.2, 0) is 4.79 Å². The molecule has 0 aliphatic rings. The van der Waals surface area contributed by atoms with Crippen LogP contribution >= 0.6 is 0 Å². The van der Waals surface area contributed by atoms with E-state index in [2.05, 4.69) is 67.8 Å². The fourth-order valence-electron chi connectivity index (χ4n) is 5.52. The highest BCUT2D eigenvalue weighted by atomic mass is 16.3. The first kappa shape index (κ1) is 45.0. The molecular formula is C42H75NO4. The van der Waals surface area contributed by atoms with Gasteiger partial charge < -0.3 is 20.6 Å². The molecule has 0 fully saturated rings. The molecule has 272 valence electrons. The van der Waals surface area contributed by atoms with Gasteiger partial charge in [-0.25, -0.2) is 0 Å². The zero-order valence-electron chi connectivity index (χ0n) is 30.6. The van der Waals surface area contributed by atoms with Gasteiger partial charge in [-0.3, -0.25) is 4.79 Å². The number of amides is 1. The molecule has 0 aromatic heterocycles. The van der Waals surface area contributed by atoms with Crippen molar-refractivity contribution in [2.75, 3.05) is 6.61 Å². The SMILES string of the molecule is CC/C=C\C/C=C\CCCCCCCCCCCCCCC(O)CC(=O)NC(CO)C(O)/C=C/CC/C=C/CC/C=C/CCCCC. The molecule has 47 heavy (non-hydrogen) atoms. The van der Waals surface area contributed by atoms with Gasteiger partial charge in [0.2, 0.25) is 5.91 Å². The Morgan fingerprint density at radius 1 is 0.574 bits per heavy atom. The third-order valence-electron chi connectivity index (χ3n) is 8.52. The summed E-state index contributed by atoms with van der Waals surface area (Å²) in [6.07, 6.45) is 47.8. The number of carbonyl (C=O) groups is 1. The molecule has 5 heteroatoms. The Hall–Kier alpha value is -1.95. The Bertz CT molecular complexity index is 815. The standard InChI is InChI=1S/C42H75NO4/c1-3-5-7-9-11-13-15-17-18-19-20-21-22-24-25-27-29-31-33-35-39(45)37-42(47)43-40(38-44)41(46)36-34-32-30-28-26-23-16-14-12-10-8-6-4-2/h5,7,11-14,26,28,34,36,39-41,44-46H,3-4,6,8-10,15-25,27,29-33,35,37-38H2,1-2H3,(H,43,47)/b7-5-,13-11-,14-12+,28-26+,36-34+. The summed E-state index contributed by atoms with van der Waals surface area (Å²) in [7, 11) is 0. The highest BCUT2D eigenvalue weighted by Gasteiger charge is 2.20. The van der Waals surface area contributed by atoms with Crippen LogP contribution in [0.25, 0.3) is 0 Å². The molecule has 5 nitrogen and oxygen atoms in total. The second-order valence-corrected chi connectivity index (χ2v) is 13.1. The Kier molecular flexibility index (Phi) is 35.3. The molecular weight excluding hydrogens is 582 g/mol. The third-order valence-corrected chi connectivity index (χ3v) is 8.52. The second kappa shape index (κ2) is 36.9. The fraction of sp³-hybridized carbons (Fsp3) is 0.738. The molecule has 0 aliphatic heterocycles. The number of aliphatic hydroxyl groups excluding tert-OH is 3. The van der Waals surface area contributed by atoms with Crippen molar-refractivity contribution in [3.05, 3.63) is 60.8 Å². The summed E-state index contributed by atoms with van der Waals surface area (Å²) in [4.78, 5) is 12.4. The Labute approximate surface area is 290 Å². The van der Waals surface area contributed by atoms with Crippen LogP contribution in [0.1, 0.15) is 174 Å². The van der Waals surface area contributed by atoms with Crippen molar-refractivity contribution in [1.82, 2.24) is 5.32 Å². The molecule has 0 spiro atoms.